The van der Waals surface area contributed by atoms with Crippen molar-refractivity contribution < 1.29 is 24.2 Å². The maximum Gasteiger partial charge on any atom is 0.311 e. The lowest BCUT2D eigenvalue weighted by Gasteiger charge is -2.40. The number of aliphatic hydroxyl groups excluding tert-OH is 1. The van der Waals surface area contributed by atoms with Gasteiger partial charge >= 0.3 is 5.97 Å². The first-order valence-corrected chi connectivity index (χ1v) is 17.4. The standard InChI is InChI=1S/C37H45N3O5S/c1-4-38(5-2)27-16-18-28(19-17-27)39-22-13-21-37-30(31-35(44)45-23-12-7-6-11-20-36(31,3)46-37)33(42)40(32(37)34(39)43)29(25-41)24-26-14-9-8-10-15-26/h8-11,13-21,29-32,41H,4-7,12,22-25H2,1-3H3/b20-11-/t29-,30+,31-,32?,36+,37+/m1/s1. The normalized spacial score (nSPS) is 30.6. The molecule has 9 heteroatoms. The second-order valence-electron chi connectivity index (χ2n) is 12.9. The number of hydrogen-bond donors (Lipinski definition) is 1. The van der Waals surface area contributed by atoms with Crippen LogP contribution in [-0.2, 0) is 25.5 Å². The Kier molecular flexibility index (Phi) is 9.35. The number of rotatable bonds is 8. The number of fused-ring (bicyclic) bond motifs is 2. The van der Waals surface area contributed by atoms with Gasteiger partial charge in [-0.2, -0.15) is 0 Å². The second kappa shape index (κ2) is 13.3. The number of amides is 2. The van der Waals surface area contributed by atoms with Crippen molar-refractivity contribution in [3.8, 4) is 0 Å². The number of anilines is 2. The molecule has 2 fully saturated rings. The minimum absolute atomic E-state index is 0.208. The van der Waals surface area contributed by atoms with E-state index in [0.29, 0.717) is 19.6 Å². The lowest BCUT2D eigenvalue weighted by Crippen LogP contribution is -2.57. The highest BCUT2D eigenvalue weighted by Crippen LogP contribution is 2.65. The van der Waals surface area contributed by atoms with E-state index in [-0.39, 0.29) is 18.4 Å². The third-order valence-electron chi connectivity index (χ3n) is 10.1. The van der Waals surface area contributed by atoms with Crippen molar-refractivity contribution in [2.45, 2.75) is 68.0 Å². The molecule has 244 valence electrons. The van der Waals surface area contributed by atoms with Crippen molar-refractivity contribution in [1.82, 2.24) is 4.90 Å². The fourth-order valence-electron chi connectivity index (χ4n) is 7.93. The number of nitrogens with zero attached hydrogens (tertiary/aromatic N) is 3. The van der Waals surface area contributed by atoms with Crippen molar-refractivity contribution in [3.05, 3.63) is 84.5 Å². The molecule has 1 N–H and O–H groups in total. The van der Waals surface area contributed by atoms with Crippen LogP contribution in [0.1, 0.15) is 45.6 Å². The Morgan fingerprint density at radius 1 is 0.957 bits per heavy atom. The Morgan fingerprint density at radius 2 is 1.70 bits per heavy atom. The molecule has 0 aliphatic carbocycles. The van der Waals surface area contributed by atoms with Gasteiger partial charge in [0.05, 0.1) is 35.8 Å². The maximum atomic E-state index is 15.0. The molecule has 0 bridgehead atoms. The molecule has 4 aliphatic heterocycles. The molecular formula is C37H45N3O5S. The first-order valence-electron chi connectivity index (χ1n) is 16.6. The van der Waals surface area contributed by atoms with Gasteiger partial charge in [-0.05, 0) is 76.3 Å². The molecule has 2 aromatic rings. The van der Waals surface area contributed by atoms with Crippen LogP contribution in [0, 0.1) is 11.8 Å². The van der Waals surface area contributed by atoms with Crippen molar-refractivity contribution in [2.75, 3.05) is 42.6 Å². The van der Waals surface area contributed by atoms with Gasteiger partial charge in [-0.3, -0.25) is 14.4 Å². The lowest BCUT2D eigenvalue weighted by molar-refractivity contribution is -0.154. The Bertz CT molecular complexity index is 1490. The number of ether oxygens (including phenoxy) is 1. The fraction of sp³-hybridized carbons (Fsp3) is 0.486. The number of likely N-dealkylation sites (tertiary alicyclic amines) is 1. The van der Waals surface area contributed by atoms with Crippen LogP contribution in [0.15, 0.2) is 78.9 Å². The second-order valence-corrected chi connectivity index (χ2v) is 14.7. The van der Waals surface area contributed by atoms with E-state index in [0.717, 1.165) is 49.3 Å². The Hall–Kier alpha value is -3.56. The fourth-order valence-corrected chi connectivity index (χ4v) is 10.1. The zero-order valence-electron chi connectivity index (χ0n) is 27.0. The van der Waals surface area contributed by atoms with Crippen LogP contribution in [0.5, 0.6) is 0 Å². The number of carbonyl (C=O) groups is 3. The summed E-state index contributed by atoms with van der Waals surface area (Å²) in [5.74, 6) is -2.48. The summed E-state index contributed by atoms with van der Waals surface area (Å²) < 4.78 is 4.04. The molecule has 1 unspecified atom stereocenters. The third-order valence-corrected chi connectivity index (χ3v) is 11.9. The topological polar surface area (TPSA) is 90.4 Å². The Balaban J connectivity index is 1.46. The lowest BCUT2D eigenvalue weighted by atomic mass is 9.74. The summed E-state index contributed by atoms with van der Waals surface area (Å²) >= 11 is 1.54. The molecule has 6 atom stereocenters. The summed E-state index contributed by atoms with van der Waals surface area (Å²) in [4.78, 5) is 49.4. The predicted octanol–water partition coefficient (Wildman–Crippen LogP) is 5.01. The quantitative estimate of drug-likeness (QED) is 0.320. The summed E-state index contributed by atoms with van der Waals surface area (Å²) in [6, 6.07) is 16.1. The van der Waals surface area contributed by atoms with Crippen molar-refractivity contribution >= 4 is 40.9 Å². The van der Waals surface area contributed by atoms with Crippen molar-refractivity contribution in [3.63, 3.8) is 0 Å². The molecule has 4 heterocycles. The summed E-state index contributed by atoms with van der Waals surface area (Å²) in [5, 5.41) is 10.8. The summed E-state index contributed by atoms with van der Waals surface area (Å²) in [6.07, 6.45) is 11.1. The average Bonchev–Trinajstić information content (AvgIpc) is 3.40. The largest absolute Gasteiger partial charge is 0.465 e. The number of cyclic esters (lactones) is 1. The van der Waals surface area contributed by atoms with Gasteiger partial charge in [0, 0.05) is 35.8 Å². The van der Waals surface area contributed by atoms with Crippen LogP contribution in [-0.4, -0.2) is 82.2 Å². The zero-order chi connectivity index (χ0) is 32.5. The number of carbonyl (C=O) groups excluding carboxylic acids is 3. The van der Waals surface area contributed by atoms with Gasteiger partial charge < -0.3 is 24.5 Å². The Morgan fingerprint density at radius 3 is 2.39 bits per heavy atom. The number of thioether (sulfide) groups is 1. The van der Waals surface area contributed by atoms with Gasteiger partial charge in [0.1, 0.15) is 6.04 Å². The summed E-state index contributed by atoms with van der Waals surface area (Å²) in [7, 11) is 0. The number of aliphatic hydroxyl groups is 1. The molecule has 2 amide bonds. The van der Waals surface area contributed by atoms with Crippen LogP contribution in [0.3, 0.4) is 0 Å². The molecule has 4 aliphatic rings. The minimum Gasteiger partial charge on any atom is -0.465 e. The van der Waals surface area contributed by atoms with Crippen LogP contribution >= 0.6 is 11.8 Å². The van der Waals surface area contributed by atoms with E-state index in [2.05, 4.69) is 30.9 Å². The molecule has 6 rings (SSSR count). The monoisotopic (exact) mass is 643 g/mol. The molecule has 1 spiro atoms. The number of benzene rings is 2. The van der Waals surface area contributed by atoms with Crippen LogP contribution < -0.4 is 9.80 Å². The highest BCUT2D eigenvalue weighted by Gasteiger charge is 2.74. The highest BCUT2D eigenvalue weighted by molar-refractivity contribution is 8.02. The van der Waals surface area contributed by atoms with E-state index in [4.69, 9.17) is 4.74 Å². The van der Waals surface area contributed by atoms with Gasteiger partial charge in [-0.1, -0.05) is 54.6 Å². The predicted molar refractivity (Wildman–Crippen MR) is 183 cm³/mol. The average molecular weight is 644 g/mol. The molecule has 0 aromatic heterocycles. The first kappa shape index (κ1) is 32.4. The van der Waals surface area contributed by atoms with Gasteiger partial charge in [-0.15, -0.1) is 11.8 Å². The number of esters is 1. The number of allylic oxidation sites excluding steroid dienone is 1. The zero-order valence-corrected chi connectivity index (χ0v) is 27.8. The van der Waals surface area contributed by atoms with E-state index in [1.54, 1.807) is 9.80 Å². The van der Waals surface area contributed by atoms with E-state index in [9.17, 15) is 14.7 Å². The molecule has 0 saturated carbocycles. The van der Waals surface area contributed by atoms with E-state index < -0.39 is 39.4 Å². The molecule has 0 radical (unpaired) electrons. The minimum atomic E-state index is -1.02. The van der Waals surface area contributed by atoms with Gasteiger partial charge in [0.25, 0.3) is 5.91 Å². The van der Waals surface area contributed by atoms with Gasteiger partial charge in [0.2, 0.25) is 5.91 Å². The smallest absolute Gasteiger partial charge is 0.311 e. The van der Waals surface area contributed by atoms with Crippen molar-refractivity contribution in [1.29, 1.82) is 0 Å². The summed E-state index contributed by atoms with van der Waals surface area (Å²) in [6.45, 7) is 8.32. The van der Waals surface area contributed by atoms with Crippen molar-refractivity contribution in [2.24, 2.45) is 11.8 Å². The van der Waals surface area contributed by atoms with Crippen LogP contribution in [0.25, 0.3) is 0 Å². The molecule has 8 nitrogen and oxygen atoms in total. The van der Waals surface area contributed by atoms with E-state index >= 15 is 4.79 Å². The third kappa shape index (κ3) is 5.55. The highest BCUT2D eigenvalue weighted by atomic mass is 32.2. The van der Waals surface area contributed by atoms with E-state index in [1.165, 1.54) is 11.8 Å². The molecule has 46 heavy (non-hydrogen) atoms. The summed E-state index contributed by atoms with van der Waals surface area (Å²) in [5.41, 5.74) is 2.78. The first-order chi connectivity index (χ1) is 22.3. The van der Waals surface area contributed by atoms with Crippen LogP contribution in [0.2, 0.25) is 0 Å². The maximum absolute atomic E-state index is 15.0. The molecule has 2 aromatic carbocycles. The number of hydrogen-bond acceptors (Lipinski definition) is 7. The van der Waals surface area contributed by atoms with Crippen LogP contribution in [0.4, 0.5) is 11.4 Å². The van der Waals surface area contributed by atoms with Gasteiger partial charge in [-0.25, -0.2) is 0 Å². The Labute approximate surface area is 276 Å². The van der Waals surface area contributed by atoms with E-state index in [1.807, 2.05) is 73.7 Å². The SMILES string of the molecule is CCN(CC)c1ccc(N2CC=C[C@]34S[C@@]5(C)/C=C\CCCCOC(=O)[C@H]5[C@H]3C(=O)N([C@@H](CO)Cc3ccccc3)C4C2=O)cc1. The molecular weight excluding hydrogens is 598 g/mol. The van der Waals surface area contributed by atoms with Gasteiger partial charge in [0.15, 0.2) is 0 Å². The molecule has 2 saturated heterocycles.